The first-order valence-electron chi connectivity index (χ1n) is 7.59. The van der Waals surface area contributed by atoms with Gasteiger partial charge in [0.05, 0.1) is 5.69 Å². The molecule has 0 saturated carbocycles. The van der Waals surface area contributed by atoms with Gasteiger partial charge in [-0.2, -0.15) is 5.26 Å². The lowest BCUT2D eigenvalue weighted by atomic mass is 9.87. The molecule has 0 aliphatic rings. The van der Waals surface area contributed by atoms with E-state index in [1.165, 1.54) is 0 Å². The molecular weight excluding hydrogens is 364 g/mol. The largest absolute Gasteiger partial charge is 0.320 e. The fraction of sp³-hybridized carbons (Fsp3) is 0.200. The number of nitrogens with zero attached hydrogens (tertiary/aromatic N) is 1. The second kappa shape index (κ2) is 7.46. The van der Waals surface area contributed by atoms with Crippen LogP contribution in [-0.4, -0.2) is 5.91 Å². The van der Waals surface area contributed by atoms with Gasteiger partial charge in [0.2, 0.25) is 0 Å². The Balaban J connectivity index is 2.23. The molecule has 0 bridgehead atoms. The summed E-state index contributed by atoms with van der Waals surface area (Å²) >= 11 is 3.49. The Kier molecular flexibility index (Phi) is 5.58. The van der Waals surface area contributed by atoms with Gasteiger partial charge in [0, 0.05) is 4.47 Å². The average Bonchev–Trinajstić information content (AvgIpc) is 2.54. The molecular formula is C20H19BrN2O. The molecule has 1 N–H and O–H groups in total. The third-order valence-electron chi connectivity index (χ3n) is 3.56. The van der Waals surface area contributed by atoms with Gasteiger partial charge < -0.3 is 5.32 Å². The summed E-state index contributed by atoms with van der Waals surface area (Å²) in [5.74, 6) is -0.425. The van der Waals surface area contributed by atoms with Crippen LogP contribution in [0.3, 0.4) is 0 Å². The molecule has 0 radical (unpaired) electrons. The van der Waals surface area contributed by atoms with Gasteiger partial charge in [-0.25, -0.2) is 0 Å². The molecule has 3 nitrogen and oxygen atoms in total. The van der Waals surface area contributed by atoms with Crippen molar-refractivity contribution in [2.24, 2.45) is 0 Å². The zero-order valence-electron chi connectivity index (χ0n) is 13.9. The monoisotopic (exact) mass is 382 g/mol. The van der Waals surface area contributed by atoms with Crippen LogP contribution in [-0.2, 0) is 10.2 Å². The van der Waals surface area contributed by atoms with Crippen LogP contribution in [0.15, 0.2) is 58.6 Å². The van der Waals surface area contributed by atoms with Crippen molar-refractivity contribution in [3.05, 3.63) is 69.7 Å². The summed E-state index contributed by atoms with van der Waals surface area (Å²) in [6.07, 6.45) is 1.58. The lowest BCUT2D eigenvalue weighted by Crippen LogP contribution is -2.15. The average molecular weight is 383 g/mol. The number of hydrogen-bond donors (Lipinski definition) is 1. The van der Waals surface area contributed by atoms with Crippen LogP contribution < -0.4 is 5.32 Å². The van der Waals surface area contributed by atoms with Crippen molar-refractivity contribution < 1.29 is 4.79 Å². The van der Waals surface area contributed by atoms with E-state index in [0.29, 0.717) is 5.69 Å². The second-order valence-electron chi connectivity index (χ2n) is 6.48. The van der Waals surface area contributed by atoms with Crippen molar-refractivity contribution in [3.8, 4) is 6.07 Å². The molecule has 2 aromatic rings. The Bertz CT molecular complexity index is 812. The number of halogens is 1. The number of nitriles is 1. The fourth-order valence-electron chi connectivity index (χ4n) is 2.14. The van der Waals surface area contributed by atoms with E-state index in [1.807, 2.05) is 54.6 Å². The maximum atomic E-state index is 12.4. The summed E-state index contributed by atoms with van der Waals surface area (Å²) in [7, 11) is 0. The summed E-state index contributed by atoms with van der Waals surface area (Å²) in [5, 5.41) is 12.0. The van der Waals surface area contributed by atoms with Crippen molar-refractivity contribution >= 4 is 33.6 Å². The van der Waals surface area contributed by atoms with E-state index < -0.39 is 5.91 Å². The molecule has 0 aromatic heterocycles. The zero-order chi connectivity index (χ0) is 17.7. The molecule has 24 heavy (non-hydrogen) atoms. The van der Waals surface area contributed by atoms with E-state index in [-0.39, 0.29) is 11.0 Å². The van der Waals surface area contributed by atoms with E-state index in [2.05, 4.69) is 42.0 Å². The minimum atomic E-state index is -0.425. The number of carbonyl (C=O) groups excluding carboxylic acids is 1. The summed E-state index contributed by atoms with van der Waals surface area (Å²) in [6.45, 7) is 6.39. The minimum Gasteiger partial charge on any atom is -0.320 e. The van der Waals surface area contributed by atoms with Crippen molar-refractivity contribution in [1.82, 2.24) is 0 Å². The van der Waals surface area contributed by atoms with Crippen molar-refractivity contribution in [2.45, 2.75) is 26.2 Å². The minimum absolute atomic E-state index is 0.0239. The highest BCUT2D eigenvalue weighted by molar-refractivity contribution is 9.10. The van der Waals surface area contributed by atoms with Crippen LogP contribution >= 0.6 is 15.9 Å². The number of anilines is 1. The second-order valence-corrected chi connectivity index (χ2v) is 7.33. The first kappa shape index (κ1) is 18.0. The summed E-state index contributed by atoms with van der Waals surface area (Å²) in [5.41, 5.74) is 2.70. The van der Waals surface area contributed by atoms with Gasteiger partial charge in [-0.3, -0.25) is 4.79 Å². The Hall–Kier alpha value is -2.38. The Morgan fingerprint density at radius 3 is 2.38 bits per heavy atom. The van der Waals surface area contributed by atoms with E-state index in [0.717, 1.165) is 15.6 Å². The van der Waals surface area contributed by atoms with E-state index >= 15 is 0 Å². The molecule has 0 unspecified atom stereocenters. The molecule has 0 aliphatic carbocycles. The van der Waals surface area contributed by atoms with Gasteiger partial charge >= 0.3 is 0 Å². The lowest BCUT2D eigenvalue weighted by molar-refractivity contribution is -0.112. The van der Waals surface area contributed by atoms with Crippen LogP contribution in [0.1, 0.15) is 31.9 Å². The maximum Gasteiger partial charge on any atom is 0.266 e. The number of amides is 1. The van der Waals surface area contributed by atoms with Crippen molar-refractivity contribution in [1.29, 1.82) is 5.26 Å². The third-order valence-corrected chi connectivity index (χ3v) is 4.22. The van der Waals surface area contributed by atoms with Gasteiger partial charge in [0.15, 0.2) is 0 Å². The topological polar surface area (TPSA) is 52.9 Å². The summed E-state index contributed by atoms with van der Waals surface area (Å²) in [4.78, 5) is 12.4. The summed E-state index contributed by atoms with van der Waals surface area (Å²) < 4.78 is 0.792. The van der Waals surface area contributed by atoms with Crippen LogP contribution in [0, 0.1) is 11.3 Å². The molecule has 122 valence electrons. The third kappa shape index (κ3) is 4.56. The number of nitrogens with one attached hydrogen (secondary N) is 1. The van der Waals surface area contributed by atoms with Gasteiger partial charge in [-0.05, 0) is 50.7 Å². The quantitative estimate of drug-likeness (QED) is 0.578. The van der Waals surface area contributed by atoms with Gasteiger partial charge in [-0.15, -0.1) is 0 Å². The van der Waals surface area contributed by atoms with E-state index in [1.54, 1.807) is 6.08 Å². The standard InChI is InChI=1S/C20H19BrN2O/c1-20(2,3)16-9-10-18(17(21)12-16)23-19(24)15(13-22)11-14-7-5-4-6-8-14/h4-12H,1-3H3,(H,23,24)/b15-11+. The molecule has 0 fully saturated rings. The molecule has 1 amide bonds. The predicted molar refractivity (Wildman–Crippen MR) is 102 cm³/mol. The van der Waals surface area contributed by atoms with Crippen LogP contribution in [0.5, 0.6) is 0 Å². The molecule has 4 heteroatoms. The SMILES string of the molecule is CC(C)(C)c1ccc(NC(=O)/C(C#N)=C/c2ccccc2)c(Br)c1. The zero-order valence-corrected chi connectivity index (χ0v) is 15.5. The maximum absolute atomic E-state index is 12.4. The highest BCUT2D eigenvalue weighted by Crippen LogP contribution is 2.30. The van der Waals surface area contributed by atoms with Crippen molar-refractivity contribution in [3.63, 3.8) is 0 Å². The number of rotatable bonds is 3. The van der Waals surface area contributed by atoms with Crippen molar-refractivity contribution in [2.75, 3.05) is 5.32 Å². The fourth-order valence-corrected chi connectivity index (χ4v) is 2.62. The Morgan fingerprint density at radius 1 is 1.17 bits per heavy atom. The van der Waals surface area contributed by atoms with Gasteiger partial charge in [0.25, 0.3) is 5.91 Å². The molecule has 0 heterocycles. The normalized spacial score (nSPS) is 11.7. The van der Waals surface area contributed by atoms with E-state index in [9.17, 15) is 10.1 Å². The molecule has 2 rings (SSSR count). The predicted octanol–water partition coefficient (Wildman–Crippen LogP) is 5.29. The smallest absolute Gasteiger partial charge is 0.266 e. The highest BCUT2D eigenvalue weighted by Gasteiger charge is 2.16. The Morgan fingerprint density at radius 2 is 1.83 bits per heavy atom. The van der Waals surface area contributed by atoms with Gasteiger partial charge in [-0.1, -0.05) is 57.2 Å². The van der Waals surface area contributed by atoms with Crippen LogP contribution in [0.2, 0.25) is 0 Å². The number of hydrogen-bond acceptors (Lipinski definition) is 2. The first-order chi connectivity index (χ1) is 11.3. The highest BCUT2D eigenvalue weighted by atomic mass is 79.9. The summed E-state index contributed by atoms with van der Waals surface area (Å²) in [6, 6.07) is 17.1. The van der Waals surface area contributed by atoms with Gasteiger partial charge in [0.1, 0.15) is 11.6 Å². The van der Waals surface area contributed by atoms with E-state index in [4.69, 9.17) is 0 Å². The molecule has 0 saturated heterocycles. The van der Waals surface area contributed by atoms with Crippen LogP contribution in [0.25, 0.3) is 6.08 Å². The lowest BCUT2D eigenvalue weighted by Gasteiger charge is -2.20. The van der Waals surface area contributed by atoms with Crippen LogP contribution in [0.4, 0.5) is 5.69 Å². The molecule has 2 aromatic carbocycles. The molecule has 0 aliphatic heterocycles. The first-order valence-corrected chi connectivity index (χ1v) is 8.39. The Labute approximate surface area is 151 Å². The number of benzene rings is 2. The number of carbonyl (C=O) groups is 1. The molecule has 0 spiro atoms. The molecule has 0 atom stereocenters.